The molecule has 9 heteroatoms. The van der Waals surface area contributed by atoms with Gasteiger partial charge in [0.05, 0.1) is 0 Å². The second-order valence-corrected chi connectivity index (χ2v) is 2.00. The van der Waals surface area contributed by atoms with Crippen LogP contribution in [-0.4, -0.2) is 32.0 Å². The van der Waals surface area contributed by atoms with Gasteiger partial charge in [0.1, 0.15) is 0 Å². The molecular formula is C2H8NO7P. The van der Waals surface area contributed by atoms with Crippen LogP contribution in [0.4, 0.5) is 0 Å². The highest BCUT2D eigenvalue weighted by atomic mass is 31.2. The van der Waals surface area contributed by atoms with Crippen molar-refractivity contribution in [2.45, 2.75) is 0 Å². The van der Waals surface area contributed by atoms with Crippen molar-refractivity contribution in [1.29, 1.82) is 0 Å². The average Bonchev–Trinajstić information content (AvgIpc) is 1.61. The third-order valence-electron chi connectivity index (χ3n) is 0.101. The predicted octanol–water partition coefficient (Wildman–Crippen LogP) is -1.50. The highest BCUT2D eigenvalue weighted by Crippen LogP contribution is 2.25. The van der Waals surface area contributed by atoms with Crippen molar-refractivity contribution in [2.24, 2.45) is 0 Å². The molecule has 0 aliphatic rings. The molecular weight excluding hydrogens is 181 g/mol. The normalized spacial score (nSPS) is 8.27. The lowest BCUT2D eigenvalue weighted by atomic mass is 10.8. The molecule has 0 aliphatic heterocycles. The summed E-state index contributed by atoms with van der Waals surface area (Å²) in [5, 5.41) is 7.35. The largest absolute Gasteiger partial charge is 0.476 e. The van der Waals surface area contributed by atoms with Crippen LogP contribution >= 0.6 is 7.82 Å². The van der Waals surface area contributed by atoms with Crippen molar-refractivity contribution < 1.29 is 33.9 Å². The number of aliphatic carboxylic acids is 1. The number of hydrogen-bond donors (Lipinski definition) is 5. The SMILES string of the molecule is N.O=CC(=O)O.O=P(O)(O)O. The molecule has 11 heavy (non-hydrogen) atoms. The average molecular weight is 189 g/mol. The number of carbonyl (C=O) groups excluding carboxylic acids is 1. The van der Waals surface area contributed by atoms with Gasteiger partial charge < -0.3 is 25.9 Å². The van der Waals surface area contributed by atoms with Crippen LogP contribution in [0, 0.1) is 0 Å². The van der Waals surface area contributed by atoms with Crippen molar-refractivity contribution in [3.63, 3.8) is 0 Å². The van der Waals surface area contributed by atoms with Gasteiger partial charge in [-0.15, -0.1) is 0 Å². The quantitative estimate of drug-likeness (QED) is 0.188. The fraction of sp³-hybridized carbons (Fsp3) is 0. The molecule has 8 nitrogen and oxygen atoms in total. The highest BCUT2D eigenvalue weighted by molar-refractivity contribution is 7.45. The zero-order valence-electron chi connectivity index (χ0n) is 5.25. The summed E-state index contributed by atoms with van der Waals surface area (Å²) >= 11 is 0. The lowest BCUT2D eigenvalue weighted by Crippen LogP contribution is -1.91. The van der Waals surface area contributed by atoms with Crippen LogP contribution in [0.25, 0.3) is 0 Å². The molecule has 0 fully saturated rings. The zero-order chi connectivity index (χ0) is 8.78. The number of carboxylic acid groups (broad SMARTS) is 1. The Morgan fingerprint density at radius 2 is 1.36 bits per heavy atom. The minimum atomic E-state index is -4.64. The van der Waals surface area contributed by atoms with Crippen LogP contribution in [0.5, 0.6) is 0 Å². The van der Waals surface area contributed by atoms with E-state index in [1.54, 1.807) is 0 Å². The molecule has 0 amide bonds. The van der Waals surface area contributed by atoms with E-state index in [1.165, 1.54) is 0 Å². The Kier molecular flexibility index (Phi) is 11.1. The first-order valence-corrected chi connectivity index (χ1v) is 3.30. The van der Waals surface area contributed by atoms with E-state index in [1.807, 2.05) is 0 Å². The summed E-state index contributed by atoms with van der Waals surface area (Å²) in [5.41, 5.74) is 0. The predicted molar refractivity (Wildman–Crippen MR) is 33.0 cm³/mol. The first-order valence-electron chi connectivity index (χ1n) is 1.73. The van der Waals surface area contributed by atoms with E-state index in [9.17, 15) is 0 Å². The van der Waals surface area contributed by atoms with Crippen molar-refractivity contribution in [3.8, 4) is 0 Å². The van der Waals surface area contributed by atoms with Gasteiger partial charge in [0.2, 0.25) is 6.29 Å². The summed E-state index contributed by atoms with van der Waals surface area (Å²) in [5.74, 6) is -1.43. The Morgan fingerprint density at radius 3 is 1.36 bits per heavy atom. The molecule has 0 aromatic carbocycles. The minimum Gasteiger partial charge on any atom is -0.476 e. The third-order valence-corrected chi connectivity index (χ3v) is 0.101. The van der Waals surface area contributed by atoms with Crippen LogP contribution in [0.1, 0.15) is 0 Å². The monoisotopic (exact) mass is 189 g/mol. The summed E-state index contributed by atoms with van der Waals surface area (Å²) in [7, 11) is -4.64. The Hall–Kier alpha value is -0.790. The van der Waals surface area contributed by atoms with Gasteiger partial charge in [-0.1, -0.05) is 0 Å². The Bertz CT molecular complexity index is 152. The van der Waals surface area contributed by atoms with Crippen LogP contribution in [-0.2, 0) is 14.2 Å². The Balaban J connectivity index is -0.000000107. The Morgan fingerprint density at radius 1 is 1.27 bits per heavy atom. The minimum absolute atomic E-state index is 0. The molecule has 0 saturated carbocycles. The van der Waals surface area contributed by atoms with E-state index in [-0.39, 0.29) is 12.4 Å². The van der Waals surface area contributed by atoms with E-state index in [4.69, 9.17) is 33.9 Å². The topological polar surface area (TPSA) is 167 Å². The molecule has 0 spiro atoms. The van der Waals surface area contributed by atoms with E-state index in [0.29, 0.717) is 0 Å². The summed E-state index contributed by atoms with van der Waals surface area (Å²) in [6.45, 7) is 0. The molecule has 0 atom stereocenters. The second-order valence-electron chi connectivity index (χ2n) is 0.969. The van der Waals surface area contributed by atoms with Gasteiger partial charge in [-0.05, 0) is 0 Å². The van der Waals surface area contributed by atoms with E-state index in [0.717, 1.165) is 0 Å². The molecule has 0 bridgehead atoms. The molecule has 0 aromatic rings. The van der Waals surface area contributed by atoms with Gasteiger partial charge >= 0.3 is 13.8 Å². The summed E-state index contributed by atoms with van der Waals surface area (Å²) in [6, 6.07) is 0. The molecule has 0 heterocycles. The molecule has 0 unspecified atom stereocenters. The first-order chi connectivity index (χ1) is 4.27. The molecule has 0 saturated heterocycles. The lowest BCUT2D eigenvalue weighted by molar-refractivity contribution is -0.143. The molecule has 68 valence electrons. The second kappa shape index (κ2) is 7.32. The molecule has 0 rings (SSSR count). The molecule has 0 aromatic heterocycles. The number of rotatable bonds is 1. The first kappa shape index (κ1) is 16.7. The molecule has 7 N–H and O–H groups in total. The Labute approximate surface area is 61.3 Å². The van der Waals surface area contributed by atoms with Crippen molar-refractivity contribution in [1.82, 2.24) is 6.15 Å². The molecule has 0 radical (unpaired) electrons. The maximum atomic E-state index is 9.00. The molecule has 0 aliphatic carbocycles. The lowest BCUT2D eigenvalue weighted by Gasteiger charge is -1.82. The number of hydrogen-bond acceptors (Lipinski definition) is 4. The van der Waals surface area contributed by atoms with E-state index < -0.39 is 13.8 Å². The van der Waals surface area contributed by atoms with Crippen molar-refractivity contribution >= 4 is 20.1 Å². The van der Waals surface area contributed by atoms with Gasteiger partial charge in [-0.2, -0.15) is 0 Å². The van der Waals surface area contributed by atoms with Crippen molar-refractivity contribution in [2.75, 3.05) is 0 Å². The van der Waals surface area contributed by atoms with Gasteiger partial charge in [-0.25, -0.2) is 9.36 Å². The zero-order valence-corrected chi connectivity index (χ0v) is 6.14. The third kappa shape index (κ3) is 327. The fourth-order valence-electron chi connectivity index (χ4n) is 0. The summed E-state index contributed by atoms with van der Waals surface area (Å²) < 4.78 is 8.88. The summed E-state index contributed by atoms with van der Waals surface area (Å²) in [4.78, 5) is 39.5. The summed E-state index contributed by atoms with van der Waals surface area (Å²) in [6.07, 6.45) is -0.167. The van der Waals surface area contributed by atoms with Gasteiger partial charge in [0.25, 0.3) is 0 Å². The van der Waals surface area contributed by atoms with Gasteiger partial charge in [0, 0.05) is 0 Å². The van der Waals surface area contributed by atoms with Gasteiger partial charge in [0.15, 0.2) is 0 Å². The maximum absolute atomic E-state index is 9.00. The van der Waals surface area contributed by atoms with E-state index in [2.05, 4.69) is 0 Å². The standard InChI is InChI=1S/C2H2O3.H3N.H3O4P/c3-1-2(4)5;;1-5(2,3)4/h1H,(H,4,5);1H3;(H3,1,2,3,4). The number of carboxylic acids is 1. The van der Waals surface area contributed by atoms with Crippen LogP contribution < -0.4 is 6.15 Å². The number of phosphoric acid groups is 1. The maximum Gasteiger partial charge on any atom is 0.466 e. The number of carbonyl (C=O) groups is 2. The van der Waals surface area contributed by atoms with Crippen molar-refractivity contribution in [3.05, 3.63) is 0 Å². The van der Waals surface area contributed by atoms with Crippen LogP contribution in [0.2, 0.25) is 0 Å². The van der Waals surface area contributed by atoms with E-state index >= 15 is 0 Å². The highest BCUT2D eigenvalue weighted by Gasteiger charge is 2.00. The van der Waals surface area contributed by atoms with Crippen LogP contribution in [0.15, 0.2) is 0 Å². The van der Waals surface area contributed by atoms with Gasteiger partial charge in [-0.3, -0.25) is 4.79 Å². The van der Waals surface area contributed by atoms with Crippen LogP contribution in [0.3, 0.4) is 0 Å². The fourth-order valence-corrected chi connectivity index (χ4v) is 0. The smallest absolute Gasteiger partial charge is 0.466 e. The number of aldehydes is 1.